The summed E-state index contributed by atoms with van der Waals surface area (Å²) in [6.45, 7) is 2.84. The highest BCUT2D eigenvalue weighted by atomic mass is 35.5. The molecule has 0 aromatic heterocycles. The Bertz CT molecular complexity index is 591. The molecule has 2 atom stereocenters. The van der Waals surface area contributed by atoms with Crippen molar-refractivity contribution in [1.29, 1.82) is 0 Å². The van der Waals surface area contributed by atoms with Gasteiger partial charge in [-0.05, 0) is 38.0 Å². The van der Waals surface area contributed by atoms with Gasteiger partial charge in [-0.3, -0.25) is 10.1 Å². The van der Waals surface area contributed by atoms with Crippen molar-refractivity contribution in [3.8, 4) is 5.75 Å². The molecule has 0 radical (unpaired) electrons. The first-order valence-corrected chi connectivity index (χ1v) is 8.20. The number of hydrogen-bond donors (Lipinski definition) is 3. The quantitative estimate of drug-likeness (QED) is 0.727. The predicted octanol–water partition coefficient (Wildman–Crippen LogP) is 2.15. The van der Waals surface area contributed by atoms with E-state index in [1.54, 1.807) is 25.1 Å². The number of hydrogen-bond acceptors (Lipinski definition) is 5. The molecule has 0 bridgehead atoms. The maximum atomic E-state index is 12.0. The minimum Gasteiger partial charge on any atom is -0.489 e. The second-order valence-electron chi connectivity index (χ2n) is 5.52. The molecule has 1 saturated heterocycles. The molecule has 1 aliphatic heterocycles. The maximum Gasteiger partial charge on any atom is 0.321 e. The molecule has 0 spiro atoms. The number of rotatable bonds is 6. The Morgan fingerprint density at radius 1 is 1.46 bits per heavy atom. The van der Waals surface area contributed by atoms with E-state index >= 15 is 0 Å². The van der Waals surface area contributed by atoms with E-state index in [0.717, 1.165) is 19.4 Å². The predicted molar refractivity (Wildman–Crippen MR) is 91.6 cm³/mol. The number of benzene rings is 1. The Morgan fingerprint density at radius 3 is 2.92 bits per heavy atom. The van der Waals surface area contributed by atoms with Crippen LogP contribution in [-0.2, 0) is 9.53 Å². The van der Waals surface area contributed by atoms with Crippen molar-refractivity contribution in [3.63, 3.8) is 0 Å². The summed E-state index contributed by atoms with van der Waals surface area (Å²) in [5.41, 5.74) is 0.583. The van der Waals surface area contributed by atoms with E-state index in [1.165, 1.54) is 7.05 Å². The van der Waals surface area contributed by atoms with Crippen molar-refractivity contribution in [3.05, 3.63) is 23.2 Å². The van der Waals surface area contributed by atoms with Gasteiger partial charge in [-0.2, -0.15) is 0 Å². The van der Waals surface area contributed by atoms with Crippen molar-refractivity contribution in [2.24, 2.45) is 0 Å². The smallest absolute Gasteiger partial charge is 0.321 e. The molecule has 3 amide bonds. The molecule has 8 heteroatoms. The van der Waals surface area contributed by atoms with Crippen LogP contribution in [0.2, 0.25) is 5.02 Å². The van der Waals surface area contributed by atoms with Crippen LogP contribution in [0.25, 0.3) is 0 Å². The zero-order valence-electron chi connectivity index (χ0n) is 13.7. The molecule has 24 heavy (non-hydrogen) atoms. The summed E-state index contributed by atoms with van der Waals surface area (Å²) in [5, 5.41) is 8.07. The Kier molecular flexibility index (Phi) is 6.69. The fourth-order valence-corrected chi connectivity index (χ4v) is 2.45. The van der Waals surface area contributed by atoms with E-state index in [4.69, 9.17) is 21.1 Å². The Hall–Kier alpha value is -1.99. The van der Waals surface area contributed by atoms with Crippen LogP contribution in [0.1, 0.15) is 19.8 Å². The molecule has 1 aliphatic rings. The molecule has 132 valence electrons. The fourth-order valence-electron chi connectivity index (χ4n) is 2.28. The lowest BCUT2D eigenvalue weighted by molar-refractivity contribution is -0.120. The molecule has 1 heterocycles. The second-order valence-corrected chi connectivity index (χ2v) is 5.96. The largest absolute Gasteiger partial charge is 0.489 e. The summed E-state index contributed by atoms with van der Waals surface area (Å²) in [6.07, 6.45) is 2.10. The van der Waals surface area contributed by atoms with Crippen LogP contribution in [0.4, 0.5) is 10.5 Å². The van der Waals surface area contributed by atoms with Gasteiger partial charge in [0.15, 0.2) is 0 Å². The highest BCUT2D eigenvalue weighted by Gasteiger charge is 2.19. The van der Waals surface area contributed by atoms with Gasteiger partial charge in [-0.25, -0.2) is 4.79 Å². The molecule has 0 unspecified atom stereocenters. The fraction of sp³-hybridized carbons (Fsp3) is 0.500. The summed E-state index contributed by atoms with van der Waals surface area (Å²) < 4.78 is 11.3. The lowest BCUT2D eigenvalue weighted by atomic mass is 10.2. The number of carbonyl (C=O) groups is 2. The molecule has 7 nitrogen and oxygen atoms in total. The van der Waals surface area contributed by atoms with Crippen LogP contribution in [0, 0.1) is 0 Å². The first kappa shape index (κ1) is 18.4. The lowest BCUT2D eigenvalue weighted by Gasteiger charge is -2.19. The summed E-state index contributed by atoms with van der Waals surface area (Å²) in [4.78, 5) is 23.2. The van der Waals surface area contributed by atoms with Gasteiger partial charge in [0.2, 0.25) is 5.91 Å². The van der Waals surface area contributed by atoms with Crippen LogP contribution >= 0.6 is 11.6 Å². The zero-order valence-corrected chi connectivity index (χ0v) is 14.5. The topological polar surface area (TPSA) is 88.7 Å². The summed E-state index contributed by atoms with van der Waals surface area (Å²) in [6, 6.07) is 3.92. The molecular formula is C16H22ClN3O4. The Balaban J connectivity index is 2.00. The minimum absolute atomic E-state index is 0.0856. The first-order chi connectivity index (χ1) is 11.5. The number of urea groups is 1. The highest BCUT2D eigenvalue weighted by Crippen LogP contribution is 2.29. The van der Waals surface area contributed by atoms with Gasteiger partial charge in [-0.15, -0.1) is 0 Å². The summed E-state index contributed by atoms with van der Waals surface area (Å²) >= 11 is 6.03. The summed E-state index contributed by atoms with van der Waals surface area (Å²) in [5.74, 6) is 0.119. The standard InChI is InChI=1S/C16H22ClN3O4/c1-10(15(21)20-16(22)18-2)19-13-8-11(17)5-6-14(13)24-9-12-4-3-7-23-12/h5-6,8,10,12,19H,3-4,7,9H2,1-2H3,(H2,18,20,21,22)/t10-,12-/m1/s1. The molecule has 0 saturated carbocycles. The maximum absolute atomic E-state index is 12.0. The monoisotopic (exact) mass is 355 g/mol. The van der Waals surface area contributed by atoms with Crippen LogP contribution in [0.15, 0.2) is 18.2 Å². The zero-order chi connectivity index (χ0) is 17.5. The van der Waals surface area contributed by atoms with Crippen LogP contribution in [0.3, 0.4) is 0 Å². The van der Waals surface area contributed by atoms with Crippen LogP contribution in [-0.4, -0.2) is 44.3 Å². The third-order valence-corrected chi connectivity index (χ3v) is 3.85. The molecular weight excluding hydrogens is 334 g/mol. The Labute approximate surface area is 146 Å². The van der Waals surface area contributed by atoms with Gasteiger partial charge in [-0.1, -0.05) is 11.6 Å². The number of nitrogens with one attached hydrogen (secondary N) is 3. The van der Waals surface area contributed by atoms with E-state index in [2.05, 4.69) is 16.0 Å². The number of anilines is 1. The average molecular weight is 356 g/mol. The SMILES string of the molecule is CNC(=O)NC(=O)[C@@H](C)Nc1cc(Cl)ccc1OC[C@H]1CCCO1. The van der Waals surface area contributed by atoms with Crippen LogP contribution in [0.5, 0.6) is 5.75 Å². The van der Waals surface area contributed by atoms with Crippen molar-refractivity contribution in [1.82, 2.24) is 10.6 Å². The van der Waals surface area contributed by atoms with E-state index in [1.807, 2.05) is 0 Å². The van der Waals surface area contributed by atoms with E-state index < -0.39 is 18.0 Å². The summed E-state index contributed by atoms with van der Waals surface area (Å²) in [7, 11) is 1.44. The van der Waals surface area contributed by atoms with Gasteiger partial charge < -0.3 is 20.1 Å². The van der Waals surface area contributed by atoms with Crippen LogP contribution < -0.4 is 20.7 Å². The Morgan fingerprint density at radius 2 is 2.25 bits per heavy atom. The van der Waals surface area contributed by atoms with E-state index in [-0.39, 0.29) is 6.10 Å². The van der Waals surface area contributed by atoms with Gasteiger partial charge in [0.1, 0.15) is 18.4 Å². The number of amides is 3. The van der Waals surface area contributed by atoms with Gasteiger partial charge >= 0.3 is 6.03 Å². The molecule has 1 fully saturated rings. The lowest BCUT2D eigenvalue weighted by Crippen LogP contribution is -2.44. The normalized spacial score (nSPS) is 17.9. The number of carbonyl (C=O) groups excluding carboxylic acids is 2. The molecule has 2 rings (SSSR count). The molecule has 1 aromatic carbocycles. The number of imide groups is 1. The minimum atomic E-state index is -0.647. The third kappa shape index (κ3) is 5.28. The molecule has 0 aliphatic carbocycles. The third-order valence-electron chi connectivity index (χ3n) is 3.62. The molecule has 1 aromatic rings. The van der Waals surface area contributed by atoms with Gasteiger partial charge in [0, 0.05) is 18.7 Å². The van der Waals surface area contributed by atoms with Gasteiger partial charge in [0.25, 0.3) is 0 Å². The second kappa shape index (κ2) is 8.75. The van der Waals surface area contributed by atoms with Crippen molar-refractivity contribution < 1.29 is 19.1 Å². The van der Waals surface area contributed by atoms with Crippen molar-refractivity contribution in [2.75, 3.05) is 25.6 Å². The highest BCUT2D eigenvalue weighted by molar-refractivity contribution is 6.31. The first-order valence-electron chi connectivity index (χ1n) is 7.82. The van der Waals surface area contributed by atoms with E-state index in [0.29, 0.717) is 23.1 Å². The van der Waals surface area contributed by atoms with Crippen molar-refractivity contribution in [2.45, 2.75) is 31.9 Å². The van der Waals surface area contributed by atoms with E-state index in [9.17, 15) is 9.59 Å². The van der Waals surface area contributed by atoms with Crippen molar-refractivity contribution >= 4 is 29.2 Å². The van der Waals surface area contributed by atoms with Gasteiger partial charge in [0.05, 0.1) is 11.8 Å². The average Bonchev–Trinajstić information content (AvgIpc) is 3.07. The molecule has 3 N–H and O–H groups in total. The number of halogens is 1. The number of ether oxygens (including phenoxy) is 2.